The molecule has 3 heteroatoms. The minimum absolute atomic E-state index is 0.162. The average molecular weight is 283 g/mol. The summed E-state index contributed by atoms with van der Waals surface area (Å²) in [6.07, 6.45) is 4.22. The molecule has 0 radical (unpaired) electrons. The Labute approximate surface area is 123 Å². The van der Waals surface area contributed by atoms with Gasteiger partial charge < -0.3 is 5.11 Å². The van der Waals surface area contributed by atoms with E-state index in [9.17, 15) is 10.4 Å². The van der Waals surface area contributed by atoms with Crippen LogP contribution in [0.15, 0.2) is 0 Å². The molecule has 1 aliphatic carbocycles. The standard InChI is InChI=1S/C16H29NOS/c1-6-16(4,5)14-8-7-13(10-17)15(9-14)19-12(3)11(2)18/h11-15,18H,6-9H2,1-5H3. The molecule has 0 bridgehead atoms. The SMILES string of the molecule is CCC(C)(C)C1CCC(C#N)C(SC(C)C(C)O)C1. The Balaban J connectivity index is 2.72. The molecule has 0 aromatic carbocycles. The van der Waals surface area contributed by atoms with Gasteiger partial charge in [-0.2, -0.15) is 17.0 Å². The molecule has 0 aliphatic heterocycles. The first kappa shape index (κ1) is 16.9. The lowest BCUT2D eigenvalue weighted by Gasteiger charge is -2.42. The van der Waals surface area contributed by atoms with Gasteiger partial charge in [0.25, 0.3) is 0 Å². The Morgan fingerprint density at radius 2 is 2.00 bits per heavy atom. The lowest BCUT2D eigenvalue weighted by molar-refractivity contribution is 0.143. The van der Waals surface area contributed by atoms with Crippen molar-refractivity contribution in [2.45, 2.75) is 76.9 Å². The number of nitriles is 1. The molecule has 5 unspecified atom stereocenters. The van der Waals surface area contributed by atoms with Crippen LogP contribution in [0.4, 0.5) is 0 Å². The van der Waals surface area contributed by atoms with Crippen LogP contribution >= 0.6 is 11.8 Å². The molecule has 1 fully saturated rings. The normalized spacial score (nSPS) is 31.5. The van der Waals surface area contributed by atoms with Gasteiger partial charge in [-0.1, -0.05) is 34.1 Å². The zero-order chi connectivity index (χ0) is 14.6. The molecule has 0 aromatic heterocycles. The van der Waals surface area contributed by atoms with Gasteiger partial charge in [0, 0.05) is 10.5 Å². The van der Waals surface area contributed by atoms with E-state index in [0.29, 0.717) is 16.6 Å². The van der Waals surface area contributed by atoms with Crippen molar-refractivity contribution in [2.24, 2.45) is 17.3 Å². The van der Waals surface area contributed by atoms with E-state index in [4.69, 9.17) is 0 Å². The summed E-state index contributed by atoms with van der Waals surface area (Å²) in [6, 6.07) is 2.49. The maximum absolute atomic E-state index is 9.68. The van der Waals surface area contributed by atoms with E-state index in [1.165, 1.54) is 12.8 Å². The molecule has 110 valence electrons. The van der Waals surface area contributed by atoms with Gasteiger partial charge in [0.15, 0.2) is 0 Å². The number of aliphatic hydroxyl groups is 1. The lowest BCUT2D eigenvalue weighted by Crippen LogP contribution is -2.35. The van der Waals surface area contributed by atoms with Crippen molar-refractivity contribution >= 4 is 11.8 Å². The summed E-state index contributed by atoms with van der Waals surface area (Å²) in [6.45, 7) is 10.9. The van der Waals surface area contributed by atoms with Crippen LogP contribution in [0.1, 0.15) is 60.3 Å². The molecule has 5 atom stereocenters. The second kappa shape index (κ2) is 6.99. The molecule has 0 spiro atoms. The Hall–Kier alpha value is -0.200. The summed E-state index contributed by atoms with van der Waals surface area (Å²) >= 11 is 1.82. The molecule has 1 aliphatic rings. The van der Waals surface area contributed by atoms with Crippen molar-refractivity contribution < 1.29 is 5.11 Å². The highest BCUT2D eigenvalue weighted by Crippen LogP contribution is 2.46. The van der Waals surface area contributed by atoms with Crippen LogP contribution in [0.25, 0.3) is 0 Å². The van der Waals surface area contributed by atoms with Crippen molar-refractivity contribution in [1.82, 2.24) is 0 Å². The first-order chi connectivity index (χ1) is 8.81. The predicted molar refractivity (Wildman–Crippen MR) is 83.0 cm³/mol. The molecule has 0 heterocycles. The lowest BCUT2D eigenvalue weighted by atomic mass is 9.67. The first-order valence-corrected chi connectivity index (χ1v) is 8.49. The highest BCUT2D eigenvalue weighted by atomic mass is 32.2. The maximum Gasteiger partial charge on any atom is 0.0667 e. The summed E-state index contributed by atoms with van der Waals surface area (Å²) in [7, 11) is 0. The predicted octanol–water partition coefficient (Wildman–Crippen LogP) is 4.23. The smallest absolute Gasteiger partial charge is 0.0667 e. The molecular formula is C16H29NOS. The van der Waals surface area contributed by atoms with Gasteiger partial charge >= 0.3 is 0 Å². The summed E-state index contributed by atoms with van der Waals surface area (Å²) in [5, 5.41) is 19.6. The summed E-state index contributed by atoms with van der Waals surface area (Å²) < 4.78 is 0. The van der Waals surface area contributed by atoms with Crippen LogP contribution in [0.5, 0.6) is 0 Å². The third-order valence-electron chi connectivity index (χ3n) is 5.04. The zero-order valence-corrected chi connectivity index (χ0v) is 13.8. The number of rotatable bonds is 5. The molecule has 0 saturated heterocycles. The van der Waals surface area contributed by atoms with Crippen LogP contribution in [0, 0.1) is 28.6 Å². The monoisotopic (exact) mass is 283 g/mol. The minimum Gasteiger partial charge on any atom is -0.392 e. The summed E-state index contributed by atoms with van der Waals surface area (Å²) in [4.78, 5) is 0. The van der Waals surface area contributed by atoms with E-state index < -0.39 is 0 Å². The van der Waals surface area contributed by atoms with E-state index in [0.717, 1.165) is 12.8 Å². The second-order valence-corrected chi connectivity index (χ2v) is 8.33. The number of thioether (sulfide) groups is 1. The molecule has 1 saturated carbocycles. The molecule has 19 heavy (non-hydrogen) atoms. The fraction of sp³-hybridized carbons (Fsp3) is 0.938. The van der Waals surface area contributed by atoms with Crippen molar-refractivity contribution in [2.75, 3.05) is 0 Å². The summed E-state index contributed by atoms with van der Waals surface area (Å²) in [5.41, 5.74) is 0.368. The van der Waals surface area contributed by atoms with Crippen molar-refractivity contribution in [3.63, 3.8) is 0 Å². The van der Waals surface area contributed by atoms with E-state index in [2.05, 4.69) is 33.8 Å². The Kier molecular flexibility index (Phi) is 6.20. The highest BCUT2D eigenvalue weighted by Gasteiger charge is 2.38. The van der Waals surface area contributed by atoms with Crippen LogP contribution in [0.2, 0.25) is 0 Å². The third-order valence-corrected chi connectivity index (χ3v) is 6.74. The molecule has 1 rings (SSSR count). The Morgan fingerprint density at radius 1 is 1.37 bits per heavy atom. The van der Waals surface area contributed by atoms with E-state index in [1.807, 2.05) is 18.7 Å². The van der Waals surface area contributed by atoms with Crippen LogP contribution in [-0.4, -0.2) is 21.7 Å². The number of hydrogen-bond acceptors (Lipinski definition) is 3. The van der Waals surface area contributed by atoms with Crippen molar-refractivity contribution in [3.05, 3.63) is 0 Å². The summed E-state index contributed by atoms with van der Waals surface area (Å²) in [5.74, 6) is 0.871. The van der Waals surface area contributed by atoms with Gasteiger partial charge in [0.1, 0.15) is 0 Å². The Morgan fingerprint density at radius 3 is 2.47 bits per heavy atom. The quantitative estimate of drug-likeness (QED) is 0.821. The van der Waals surface area contributed by atoms with Crippen LogP contribution in [-0.2, 0) is 0 Å². The van der Waals surface area contributed by atoms with E-state index >= 15 is 0 Å². The van der Waals surface area contributed by atoms with Gasteiger partial charge in [-0.25, -0.2) is 0 Å². The largest absolute Gasteiger partial charge is 0.392 e. The van der Waals surface area contributed by atoms with Crippen LogP contribution < -0.4 is 0 Å². The third kappa shape index (κ3) is 4.39. The highest BCUT2D eigenvalue weighted by molar-refractivity contribution is 8.00. The molecule has 1 N–H and O–H groups in total. The van der Waals surface area contributed by atoms with Gasteiger partial charge in [0.05, 0.1) is 18.1 Å². The minimum atomic E-state index is -0.302. The fourth-order valence-electron chi connectivity index (χ4n) is 2.82. The first-order valence-electron chi connectivity index (χ1n) is 7.55. The van der Waals surface area contributed by atoms with Gasteiger partial charge in [-0.15, -0.1) is 0 Å². The van der Waals surface area contributed by atoms with Gasteiger partial charge in [0.2, 0.25) is 0 Å². The van der Waals surface area contributed by atoms with Crippen molar-refractivity contribution in [3.8, 4) is 6.07 Å². The second-order valence-electron chi connectivity index (χ2n) is 6.71. The number of aliphatic hydroxyl groups excluding tert-OH is 1. The molecule has 0 aromatic rings. The van der Waals surface area contributed by atoms with Gasteiger partial charge in [-0.05, 0) is 37.5 Å². The molecular weight excluding hydrogens is 254 g/mol. The zero-order valence-electron chi connectivity index (χ0n) is 13.0. The maximum atomic E-state index is 9.68. The topological polar surface area (TPSA) is 44.0 Å². The van der Waals surface area contributed by atoms with Crippen molar-refractivity contribution in [1.29, 1.82) is 5.26 Å². The molecule has 0 amide bonds. The van der Waals surface area contributed by atoms with E-state index in [1.54, 1.807) is 0 Å². The average Bonchev–Trinajstić information content (AvgIpc) is 2.38. The fourth-order valence-corrected chi connectivity index (χ4v) is 4.32. The molecule has 2 nitrogen and oxygen atoms in total. The van der Waals surface area contributed by atoms with Crippen LogP contribution in [0.3, 0.4) is 0 Å². The van der Waals surface area contributed by atoms with Gasteiger partial charge in [-0.3, -0.25) is 0 Å². The number of nitrogens with zero attached hydrogens (tertiary/aromatic N) is 1. The number of hydrogen-bond donors (Lipinski definition) is 1. The van der Waals surface area contributed by atoms with E-state index in [-0.39, 0.29) is 17.3 Å². The Bertz CT molecular complexity index is 321.